The summed E-state index contributed by atoms with van der Waals surface area (Å²) in [5.74, 6) is 0.469. The van der Waals surface area contributed by atoms with Crippen molar-refractivity contribution in [1.29, 1.82) is 0 Å². The first-order valence-electron chi connectivity index (χ1n) is 9.11. The van der Waals surface area contributed by atoms with Gasteiger partial charge in [-0.15, -0.1) is 0 Å². The Labute approximate surface area is 175 Å². The van der Waals surface area contributed by atoms with E-state index in [1.54, 1.807) is 12.1 Å². The maximum absolute atomic E-state index is 12.9. The number of H-pyrrole nitrogens is 1. The molecule has 0 bridgehead atoms. The monoisotopic (exact) mass is 436 g/mol. The van der Waals surface area contributed by atoms with Gasteiger partial charge in [0, 0.05) is 31.4 Å². The van der Waals surface area contributed by atoms with Crippen molar-refractivity contribution < 1.29 is 18.0 Å². The SMILES string of the molecule is CCn1c(CCNC(=O)c2cccnc2Nc2cccc(C(F)(F)F)c2)n[nH]c1=S. The molecule has 1 amide bonds. The highest BCUT2D eigenvalue weighted by molar-refractivity contribution is 7.71. The smallest absolute Gasteiger partial charge is 0.351 e. The molecule has 2 aromatic heterocycles. The molecule has 30 heavy (non-hydrogen) atoms. The number of hydrogen-bond acceptors (Lipinski definition) is 5. The van der Waals surface area contributed by atoms with Crippen molar-refractivity contribution in [3.05, 3.63) is 64.3 Å². The molecule has 7 nitrogen and oxygen atoms in total. The minimum atomic E-state index is -4.46. The first kappa shape index (κ1) is 21.5. The largest absolute Gasteiger partial charge is 0.416 e. The third-order valence-corrected chi connectivity index (χ3v) is 4.60. The minimum Gasteiger partial charge on any atom is -0.351 e. The molecule has 0 fully saturated rings. The standard InChI is InChI=1S/C19H19F3N6OS/c1-2-28-15(26-27-18(28)30)8-10-24-17(29)14-7-4-9-23-16(14)25-13-6-3-5-12(11-13)19(20,21)22/h3-7,9,11H,2,8,10H2,1H3,(H,23,25)(H,24,29)(H,27,30). The van der Waals surface area contributed by atoms with Crippen LogP contribution in [0.15, 0.2) is 42.6 Å². The second-order valence-corrected chi connectivity index (χ2v) is 6.68. The van der Waals surface area contributed by atoms with Crippen LogP contribution in [0.1, 0.15) is 28.7 Å². The van der Waals surface area contributed by atoms with Crippen molar-refractivity contribution in [2.75, 3.05) is 11.9 Å². The van der Waals surface area contributed by atoms with Gasteiger partial charge in [0.05, 0.1) is 11.1 Å². The summed E-state index contributed by atoms with van der Waals surface area (Å²) in [7, 11) is 0. The van der Waals surface area contributed by atoms with Crippen LogP contribution in [-0.4, -0.2) is 32.2 Å². The van der Waals surface area contributed by atoms with Gasteiger partial charge in [-0.3, -0.25) is 9.89 Å². The van der Waals surface area contributed by atoms with Crippen LogP contribution in [0, 0.1) is 4.77 Å². The molecule has 0 aliphatic rings. The molecule has 11 heteroatoms. The first-order valence-corrected chi connectivity index (χ1v) is 9.52. The molecule has 0 saturated carbocycles. The molecular formula is C19H19F3N6OS. The van der Waals surface area contributed by atoms with E-state index in [0.717, 1.165) is 18.0 Å². The number of carbonyl (C=O) groups excluding carboxylic acids is 1. The highest BCUT2D eigenvalue weighted by Gasteiger charge is 2.30. The number of halogens is 3. The fraction of sp³-hybridized carbons (Fsp3) is 0.263. The van der Waals surface area contributed by atoms with Gasteiger partial charge in [-0.25, -0.2) is 4.98 Å². The summed E-state index contributed by atoms with van der Waals surface area (Å²) in [6.07, 6.45) is -2.55. The fourth-order valence-corrected chi connectivity index (χ4v) is 3.13. The van der Waals surface area contributed by atoms with Crippen LogP contribution in [0.3, 0.4) is 0 Å². The summed E-state index contributed by atoms with van der Waals surface area (Å²) in [6, 6.07) is 7.81. The van der Waals surface area contributed by atoms with Gasteiger partial charge < -0.3 is 15.2 Å². The highest BCUT2D eigenvalue weighted by Crippen LogP contribution is 2.31. The van der Waals surface area contributed by atoms with E-state index in [1.165, 1.54) is 18.3 Å². The molecule has 0 unspecified atom stereocenters. The number of amides is 1. The van der Waals surface area contributed by atoms with Crippen molar-refractivity contribution in [1.82, 2.24) is 25.1 Å². The molecule has 0 atom stereocenters. The Morgan fingerprint density at radius 2 is 2.07 bits per heavy atom. The molecule has 0 aliphatic heterocycles. The lowest BCUT2D eigenvalue weighted by Crippen LogP contribution is -2.27. The van der Waals surface area contributed by atoms with Crippen molar-refractivity contribution >= 4 is 29.6 Å². The number of benzene rings is 1. The number of alkyl halides is 3. The van der Waals surface area contributed by atoms with Gasteiger partial charge in [0.15, 0.2) is 4.77 Å². The Balaban J connectivity index is 1.70. The second kappa shape index (κ2) is 9.08. The number of hydrogen-bond donors (Lipinski definition) is 3. The van der Waals surface area contributed by atoms with Gasteiger partial charge in [-0.1, -0.05) is 6.07 Å². The summed E-state index contributed by atoms with van der Waals surface area (Å²) in [4.78, 5) is 16.7. The molecule has 158 valence electrons. The van der Waals surface area contributed by atoms with E-state index in [9.17, 15) is 18.0 Å². The minimum absolute atomic E-state index is 0.158. The van der Waals surface area contributed by atoms with E-state index in [1.807, 2.05) is 11.5 Å². The zero-order valence-corrected chi connectivity index (χ0v) is 16.8. The topological polar surface area (TPSA) is 87.6 Å². The van der Waals surface area contributed by atoms with E-state index in [0.29, 0.717) is 24.3 Å². The predicted octanol–water partition coefficient (Wildman–Crippen LogP) is 4.09. The van der Waals surface area contributed by atoms with Gasteiger partial charge in [0.25, 0.3) is 5.91 Å². The molecule has 3 rings (SSSR count). The molecule has 3 aromatic rings. The molecule has 1 aromatic carbocycles. The Morgan fingerprint density at radius 3 is 2.80 bits per heavy atom. The highest BCUT2D eigenvalue weighted by atomic mass is 32.1. The summed E-state index contributed by atoms with van der Waals surface area (Å²) in [5, 5.41) is 12.4. The van der Waals surface area contributed by atoms with Crippen LogP contribution in [0.4, 0.5) is 24.7 Å². The maximum Gasteiger partial charge on any atom is 0.416 e. The lowest BCUT2D eigenvalue weighted by atomic mass is 10.2. The lowest BCUT2D eigenvalue weighted by molar-refractivity contribution is -0.137. The number of rotatable bonds is 7. The Bertz CT molecular complexity index is 1090. The third-order valence-electron chi connectivity index (χ3n) is 4.29. The van der Waals surface area contributed by atoms with Gasteiger partial charge in [-0.05, 0) is 49.5 Å². The van der Waals surface area contributed by atoms with Crippen molar-refractivity contribution in [2.24, 2.45) is 0 Å². The predicted molar refractivity (Wildman–Crippen MR) is 108 cm³/mol. The summed E-state index contributed by atoms with van der Waals surface area (Å²) < 4.78 is 41.1. The number of nitrogens with one attached hydrogen (secondary N) is 3. The zero-order valence-electron chi connectivity index (χ0n) is 16.0. The average molecular weight is 436 g/mol. The van der Waals surface area contributed by atoms with Crippen molar-refractivity contribution in [2.45, 2.75) is 26.1 Å². The Kier molecular flexibility index (Phi) is 6.50. The third kappa shape index (κ3) is 5.03. The average Bonchev–Trinajstić information content (AvgIpc) is 3.07. The van der Waals surface area contributed by atoms with Crippen LogP contribution in [0.5, 0.6) is 0 Å². The fourth-order valence-electron chi connectivity index (χ4n) is 2.85. The van der Waals surface area contributed by atoms with Gasteiger partial charge >= 0.3 is 6.18 Å². The lowest BCUT2D eigenvalue weighted by Gasteiger charge is -2.13. The number of pyridine rings is 1. The molecule has 0 radical (unpaired) electrons. The van der Waals surface area contributed by atoms with E-state index >= 15 is 0 Å². The normalized spacial score (nSPS) is 11.3. The first-order chi connectivity index (χ1) is 14.3. The zero-order chi connectivity index (χ0) is 21.7. The molecule has 2 heterocycles. The number of anilines is 2. The van der Waals surface area contributed by atoms with Crippen LogP contribution in [0.2, 0.25) is 0 Å². The van der Waals surface area contributed by atoms with Crippen molar-refractivity contribution in [3.8, 4) is 0 Å². The number of aromatic amines is 1. The second-order valence-electron chi connectivity index (χ2n) is 6.30. The van der Waals surface area contributed by atoms with Gasteiger partial charge in [0.1, 0.15) is 11.6 Å². The van der Waals surface area contributed by atoms with E-state index in [-0.39, 0.29) is 17.1 Å². The van der Waals surface area contributed by atoms with Crippen LogP contribution < -0.4 is 10.6 Å². The Morgan fingerprint density at radius 1 is 1.27 bits per heavy atom. The van der Waals surface area contributed by atoms with E-state index in [4.69, 9.17) is 12.2 Å². The molecule has 3 N–H and O–H groups in total. The van der Waals surface area contributed by atoms with E-state index < -0.39 is 17.6 Å². The molecular weight excluding hydrogens is 417 g/mol. The summed E-state index contributed by atoms with van der Waals surface area (Å²) >= 11 is 5.13. The molecule has 0 saturated heterocycles. The quantitative estimate of drug-likeness (QED) is 0.486. The van der Waals surface area contributed by atoms with Gasteiger partial charge in [0.2, 0.25) is 0 Å². The van der Waals surface area contributed by atoms with E-state index in [2.05, 4.69) is 25.8 Å². The number of nitrogens with zero attached hydrogens (tertiary/aromatic N) is 3. The summed E-state index contributed by atoms with van der Waals surface area (Å²) in [5.41, 5.74) is -0.404. The van der Waals surface area contributed by atoms with Crippen LogP contribution >= 0.6 is 12.2 Å². The summed E-state index contributed by atoms with van der Waals surface area (Å²) in [6.45, 7) is 2.90. The van der Waals surface area contributed by atoms with Crippen molar-refractivity contribution in [3.63, 3.8) is 0 Å². The molecule has 0 aliphatic carbocycles. The van der Waals surface area contributed by atoms with Gasteiger partial charge in [-0.2, -0.15) is 18.3 Å². The Hall–Kier alpha value is -3.21. The van der Waals surface area contributed by atoms with Crippen LogP contribution in [-0.2, 0) is 19.1 Å². The van der Waals surface area contributed by atoms with Crippen LogP contribution in [0.25, 0.3) is 0 Å². The maximum atomic E-state index is 12.9. The number of aromatic nitrogens is 4. The number of carbonyl (C=O) groups is 1. The molecule has 0 spiro atoms.